The van der Waals surface area contributed by atoms with Crippen LogP contribution in [0.15, 0.2) is 51.7 Å². The van der Waals surface area contributed by atoms with E-state index < -0.39 is 29.7 Å². The van der Waals surface area contributed by atoms with Crippen molar-refractivity contribution in [3.8, 4) is 17.2 Å². The summed E-state index contributed by atoms with van der Waals surface area (Å²) in [6.45, 7) is -0.602. The van der Waals surface area contributed by atoms with Gasteiger partial charge in [-0.05, 0) is 42.5 Å². The van der Waals surface area contributed by atoms with Gasteiger partial charge in [0.2, 0.25) is 12.7 Å². The molecule has 7 nitrogen and oxygen atoms in total. The Kier molecular flexibility index (Phi) is 6.37. The molecule has 0 aliphatic heterocycles. The molecule has 0 aliphatic rings. The van der Waals surface area contributed by atoms with E-state index in [4.69, 9.17) is 32.4 Å². The summed E-state index contributed by atoms with van der Waals surface area (Å²) in [6, 6.07) is 8.51. The van der Waals surface area contributed by atoms with E-state index in [1.807, 2.05) is 0 Å². The average Bonchev–Trinajstić information content (AvgIpc) is 3.03. The van der Waals surface area contributed by atoms with Crippen LogP contribution in [0, 0.1) is 0 Å². The fraction of sp³-hybridized carbons (Fsp3) is 0.167. The number of carbonyl (C=O) groups is 1. The summed E-state index contributed by atoms with van der Waals surface area (Å²) >= 11 is 11.0. The van der Waals surface area contributed by atoms with Crippen molar-refractivity contribution in [2.75, 3.05) is 6.79 Å². The number of nitrogens with zero attached hydrogens (tertiary/aromatic N) is 2. The van der Waals surface area contributed by atoms with Crippen LogP contribution in [0.2, 0.25) is 5.02 Å². The van der Waals surface area contributed by atoms with Gasteiger partial charge < -0.3 is 13.9 Å². The van der Waals surface area contributed by atoms with Crippen LogP contribution in [-0.4, -0.2) is 22.0 Å². The molecular weight excluding hydrogens is 452 g/mol. The highest BCUT2D eigenvalue weighted by atomic mass is 35.5. The summed E-state index contributed by atoms with van der Waals surface area (Å²) in [5, 5.41) is 4.34. The van der Waals surface area contributed by atoms with Crippen molar-refractivity contribution in [3.05, 3.63) is 69.2 Å². The maximum Gasteiger partial charge on any atom is 0.437 e. The normalized spacial score (nSPS) is 11.4. The Morgan fingerprint density at radius 1 is 1.17 bits per heavy atom. The Bertz CT molecular complexity index is 1110. The van der Waals surface area contributed by atoms with Crippen LogP contribution in [0.5, 0.6) is 5.75 Å². The third-order valence-electron chi connectivity index (χ3n) is 3.79. The monoisotopic (exact) mass is 462 g/mol. The highest BCUT2D eigenvalue weighted by molar-refractivity contribution is 6.61. The SMILES string of the molecule is O=C(Cl)OCOc1ccc(Cl)cc1Cn1nc(-c2ccc(C(F)(F)F)cc2)oc1=O. The molecule has 1 aromatic heterocycles. The van der Waals surface area contributed by atoms with E-state index in [2.05, 4.69) is 9.84 Å². The van der Waals surface area contributed by atoms with Gasteiger partial charge in [0.25, 0.3) is 0 Å². The quantitative estimate of drug-likeness (QED) is 0.381. The molecule has 0 bridgehead atoms. The number of benzene rings is 2. The summed E-state index contributed by atoms with van der Waals surface area (Å²) in [7, 11) is 0. The zero-order valence-corrected chi connectivity index (χ0v) is 16.3. The molecule has 1 heterocycles. The lowest BCUT2D eigenvalue weighted by molar-refractivity contribution is -0.137. The molecule has 12 heteroatoms. The summed E-state index contributed by atoms with van der Waals surface area (Å²) in [5.74, 6) is -0.763. The zero-order valence-electron chi connectivity index (χ0n) is 14.8. The molecule has 0 unspecified atom stereocenters. The Morgan fingerprint density at radius 3 is 2.50 bits per heavy atom. The van der Waals surface area contributed by atoms with Crippen LogP contribution < -0.4 is 10.5 Å². The number of rotatable bonds is 6. The van der Waals surface area contributed by atoms with E-state index in [-0.39, 0.29) is 23.7 Å². The van der Waals surface area contributed by atoms with Gasteiger partial charge in [0.05, 0.1) is 12.1 Å². The van der Waals surface area contributed by atoms with Crippen LogP contribution in [0.1, 0.15) is 11.1 Å². The fourth-order valence-electron chi connectivity index (χ4n) is 2.44. The van der Waals surface area contributed by atoms with Gasteiger partial charge in [-0.15, -0.1) is 5.10 Å². The van der Waals surface area contributed by atoms with E-state index in [0.29, 0.717) is 10.6 Å². The van der Waals surface area contributed by atoms with Crippen molar-refractivity contribution in [1.29, 1.82) is 0 Å². The first-order valence-electron chi connectivity index (χ1n) is 8.12. The van der Waals surface area contributed by atoms with Crippen molar-refractivity contribution >= 4 is 28.6 Å². The number of aromatic nitrogens is 2. The molecular formula is C18H11Cl2F3N2O5. The number of hydrogen-bond acceptors (Lipinski definition) is 6. The van der Waals surface area contributed by atoms with E-state index in [1.165, 1.54) is 18.2 Å². The predicted octanol–water partition coefficient (Wildman–Crippen LogP) is 4.94. The molecule has 30 heavy (non-hydrogen) atoms. The third-order valence-corrected chi connectivity index (χ3v) is 4.14. The van der Waals surface area contributed by atoms with Gasteiger partial charge in [-0.25, -0.2) is 9.59 Å². The maximum atomic E-state index is 12.7. The van der Waals surface area contributed by atoms with E-state index >= 15 is 0 Å². The first kappa shape index (κ1) is 21.7. The number of alkyl halides is 3. The zero-order chi connectivity index (χ0) is 21.9. The Balaban J connectivity index is 1.83. The van der Waals surface area contributed by atoms with Gasteiger partial charge in [-0.1, -0.05) is 11.6 Å². The minimum absolute atomic E-state index is 0.131. The first-order chi connectivity index (χ1) is 14.1. The summed E-state index contributed by atoms with van der Waals surface area (Å²) in [6.07, 6.45) is -4.49. The molecule has 158 valence electrons. The molecule has 0 radical (unpaired) electrons. The number of halogens is 5. The molecule has 3 rings (SSSR count). The van der Waals surface area contributed by atoms with Crippen molar-refractivity contribution < 1.29 is 31.9 Å². The Labute approximate surface area is 176 Å². The molecule has 2 aromatic carbocycles. The van der Waals surface area contributed by atoms with Gasteiger partial charge in [0.15, 0.2) is 0 Å². The molecule has 0 N–H and O–H groups in total. The second-order valence-electron chi connectivity index (χ2n) is 5.80. The van der Waals surface area contributed by atoms with Crippen LogP contribution in [-0.2, 0) is 17.5 Å². The molecule has 0 spiro atoms. The van der Waals surface area contributed by atoms with Gasteiger partial charge in [-0.3, -0.25) is 0 Å². The minimum atomic E-state index is -4.49. The fourth-order valence-corrected chi connectivity index (χ4v) is 2.68. The highest BCUT2D eigenvalue weighted by Crippen LogP contribution is 2.30. The third kappa shape index (κ3) is 5.33. The van der Waals surface area contributed by atoms with Crippen LogP contribution in [0.3, 0.4) is 0 Å². The van der Waals surface area contributed by atoms with E-state index in [0.717, 1.165) is 28.9 Å². The topological polar surface area (TPSA) is 83.6 Å². The van der Waals surface area contributed by atoms with Crippen LogP contribution >= 0.6 is 23.2 Å². The number of hydrogen-bond donors (Lipinski definition) is 0. The van der Waals surface area contributed by atoms with Crippen molar-refractivity contribution in [3.63, 3.8) is 0 Å². The molecule has 0 amide bonds. The molecule has 0 aliphatic carbocycles. The predicted molar refractivity (Wildman–Crippen MR) is 99.6 cm³/mol. The van der Waals surface area contributed by atoms with E-state index in [1.54, 1.807) is 0 Å². The van der Waals surface area contributed by atoms with Crippen molar-refractivity contribution in [2.45, 2.75) is 12.7 Å². The maximum absolute atomic E-state index is 12.7. The first-order valence-corrected chi connectivity index (χ1v) is 8.88. The minimum Gasteiger partial charge on any atom is -0.457 e. The second kappa shape index (κ2) is 8.80. The van der Waals surface area contributed by atoms with Gasteiger partial charge >= 0.3 is 17.4 Å². The molecule has 0 saturated heterocycles. The lowest BCUT2D eigenvalue weighted by atomic mass is 10.1. The van der Waals surface area contributed by atoms with Gasteiger partial charge in [0.1, 0.15) is 5.75 Å². The average molecular weight is 463 g/mol. The standard InChI is InChI=1S/C18H11Cl2F3N2O5/c19-13-5-6-14(28-9-29-16(20)26)11(7-13)8-25-17(27)30-15(24-25)10-1-3-12(4-2-10)18(21,22)23/h1-7H,8-9H2. The van der Waals surface area contributed by atoms with Gasteiger partial charge in [0, 0.05) is 27.8 Å². The van der Waals surface area contributed by atoms with Crippen LogP contribution in [0.4, 0.5) is 18.0 Å². The van der Waals surface area contributed by atoms with Crippen molar-refractivity contribution in [1.82, 2.24) is 9.78 Å². The summed E-state index contributed by atoms with van der Waals surface area (Å²) in [4.78, 5) is 22.8. The molecule has 0 fully saturated rings. The van der Waals surface area contributed by atoms with Gasteiger partial charge in [-0.2, -0.15) is 17.9 Å². The Hall–Kier alpha value is -2.98. The second-order valence-corrected chi connectivity index (χ2v) is 6.55. The highest BCUT2D eigenvalue weighted by Gasteiger charge is 2.30. The number of ether oxygens (including phenoxy) is 2. The van der Waals surface area contributed by atoms with Crippen molar-refractivity contribution in [2.24, 2.45) is 0 Å². The smallest absolute Gasteiger partial charge is 0.437 e. The summed E-state index contributed by atoms with van der Waals surface area (Å²) < 4.78 is 53.8. The molecule has 0 saturated carbocycles. The van der Waals surface area contributed by atoms with Crippen LogP contribution in [0.25, 0.3) is 11.5 Å². The number of carbonyl (C=O) groups excluding carboxylic acids is 1. The van der Waals surface area contributed by atoms with E-state index in [9.17, 15) is 22.8 Å². The molecule has 0 atom stereocenters. The summed E-state index contributed by atoms with van der Waals surface area (Å²) in [5.41, 5.74) is -1.30. The molecule has 3 aromatic rings. The lowest BCUT2D eigenvalue weighted by Crippen LogP contribution is -2.17. The lowest BCUT2D eigenvalue weighted by Gasteiger charge is -2.11. The largest absolute Gasteiger partial charge is 0.457 e. The Morgan fingerprint density at radius 2 is 1.87 bits per heavy atom.